The molecule has 2 heterocycles. The second-order valence-electron chi connectivity index (χ2n) is 12.4. The molecule has 4 aromatic carbocycles. The maximum atomic E-state index is 6.41. The summed E-state index contributed by atoms with van der Waals surface area (Å²) in [6.07, 6.45) is 6.10. The highest BCUT2D eigenvalue weighted by molar-refractivity contribution is 6.62. The molecule has 208 valence electrons. The second-order valence-corrected chi connectivity index (χ2v) is 12.4. The molecule has 1 unspecified atom stereocenters. The molecule has 3 nitrogen and oxygen atoms in total. The Balaban J connectivity index is 1.46. The zero-order valence-electron chi connectivity index (χ0n) is 24.9. The molecule has 0 spiro atoms. The largest absolute Gasteiger partial charge is 0.494 e. The summed E-state index contributed by atoms with van der Waals surface area (Å²) < 4.78 is 19.2. The van der Waals surface area contributed by atoms with Crippen LogP contribution in [0, 0.1) is 0 Å². The first kappa shape index (κ1) is 26.8. The molecule has 0 radical (unpaired) electrons. The summed E-state index contributed by atoms with van der Waals surface area (Å²) in [5.41, 5.74) is 8.76. The number of para-hydroxylation sites is 1. The van der Waals surface area contributed by atoms with E-state index in [1.807, 2.05) is 24.3 Å². The summed E-state index contributed by atoms with van der Waals surface area (Å²) in [6.45, 7) is 14.6. The minimum absolute atomic E-state index is 0.396. The highest BCUT2D eigenvalue weighted by Gasteiger charge is 2.52. The Hall–Kier alpha value is -4.12. The van der Waals surface area contributed by atoms with Crippen LogP contribution in [0.1, 0.15) is 56.9 Å². The molecule has 0 N–H and O–H groups in total. The third kappa shape index (κ3) is 3.75. The summed E-state index contributed by atoms with van der Waals surface area (Å²) in [7, 11) is -0.417. The molecule has 7 rings (SSSR count). The van der Waals surface area contributed by atoms with Gasteiger partial charge in [0.1, 0.15) is 11.2 Å². The first-order valence-corrected chi connectivity index (χ1v) is 14.7. The van der Waals surface area contributed by atoms with E-state index in [0.29, 0.717) is 0 Å². The molecule has 1 aromatic heterocycles. The quantitative estimate of drug-likeness (QED) is 0.162. The molecule has 0 bridgehead atoms. The van der Waals surface area contributed by atoms with Gasteiger partial charge >= 0.3 is 7.12 Å². The van der Waals surface area contributed by atoms with Crippen molar-refractivity contribution in [3.63, 3.8) is 0 Å². The summed E-state index contributed by atoms with van der Waals surface area (Å²) in [6, 6.07) is 32.5. The molecule has 1 fully saturated rings. The molecule has 42 heavy (non-hydrogen) atoms. The van der Waals surface area contributed by atoms with Crippen molar-refractivity contribution in [2.75, 3.05) is 0 Å². The van der Waals surface area contributed by atoms with Crippen molar-refractivity contribution in [2.24, 2.45) is 0 Å². The number of allylic oxidation sites excluding steroid dienone is 5. The second kappa shape index (κ2) is 9.45. The Kier molecular flexibility index (Phi) is 6.02. The van der Waals surface area contributed by atoms with Gasteiger partial charge in [-0.2, -0.15) is 0 Å². The van der Waals surface area contributed by atoms with Crippen LogP contribution in [0.2, 0.25) is 0 Å². The van der Waals surface area contributed by atoms with Crippen LogP contribution in [0.3, 0.4) is 0 Å². The molecule has 1 saturated heterocycles. The van der Waals surface area contributed by atoms with Crippen LogP contribution in [-0.2, 0) is 14.7 Å². The van der Waals surface area contributed by atoms with Gasteiger partial charge < -0.3 is 13.7 Å². The van der Waals surface area contributed by atoms with E-state index in [1.165, 1.54) is 27.8 Å². The Labute approximate surface area is 248 Å². The third-order valence-corrected chi connectivity index (χ3v) is 9.62. The van der Waals surface area contributed by atoms with Crippen molar-refractivity contribution in [1.82, 2.24) is 0 Å². The smallest absolute Gasteiger partial charge is 0.456 e. The van der Waals surface area contributed by atoms with Gasteiger partial charge in [-0.3, -0.25) is 0 Å². The highest BCUT2D eigenvalue weighted by atomic mass is 16.7. The van der Waals surface area contributed by atoms with Crippen LogP contribution < -0.4 is 5.46 Å². The first-order chi connectivity index (χ1) is 20.2. The number of rotatable bonds is 5. The van der Waals surface area contributed by atoms with E-state index in [2.05, 4.69) is 126 Å². The van der Waals surface area contributed by atoms with Crippen LogP contribution >= 0.6 is 0 Å². The Bertz CT molecular complexity index is 1910. The monoisotopic (exact) mass is 550 g/mol. The van der Waals surface area contributed by atoms with Gasteiger partial charge in [-0.1, -0.05) is 104 Å². The lowest BCUT2D eigenvalue weighted by molar-refractivity contribution is 0.00578. The number of fused-ring (bicyclic) bond motifs is 4. The molecular weight excluding hydrogens is 515 g/mol. The normalized spacial score (nSPS) is 21.1. The predicted molar refractivity (Wildman–Crippen MR) is 174 cm³/mol. The van der Waals surface area contributed by atoms with Gasteiger partial charge in [0.2, 0.25) is 0 Å². The SMILES string of the molecule is C=C/C=C\C1=C(C)c2ccccc2C1(c1ccc(B2OC(C)(C)C(C)(C)O2)cc1)c1ccc2c(c1)oc1ccccc12. The van der Waals surface area contributed by atoms with Gasteiger partial charge in [-0.15, -0.1) is 0 Å². The fourth-order valence-corrected chi connectivity index (χ4v) is 6.74. The maximum Gasteiger partial charge on any atom is 0.494 e. The van der Waals surface area contributed by atoms with Crippen LogP contribution in [0.5, 0.6) is 0 Å². The third-order valence-electron chi connectivity index (χ3n) is 9.62. The van der Waals surface area contributed by atoms with E-state index >= 15 is 0 Å². The summed E-state index contributed by atoms with van der Waals surface area (Å²) in [4.78, 5) is 0. The lowest BCUT2D eigenvalue weighted by atomic mass is 9.65. The van der Waals surface area contributed by atoms with Crippen molar-refractivity contribution in [2.45, 2.75) is 51.2 Å². The van der Waals surface area contributed by atoms with Crippen molar-refractivity contribution in [3.05, 3.63) is 144 Å². The average Bonchev–Trinajstić information content (AvgIpc) is 3.56. The Morgan fingerprint density at radius 3 is 2.10 bits per heavy atom. The summed E-state index contributed by atoms with van der Waals surface area (Å²) in [5, 5.41) is 2.25. The van der Waals surface area contributed by atoms with E-state index in [1.54, 1.807) is 0 Å². The fraction of sp³-hybridized carbons (Fsp3) is 0.211. The van der Waals surface area contributed by atoms with E-state index in [9.17, 15) is 0 Å². The Morgan fingerprint density at radius 1 is 0.714 bits per heavy atom. The van der Waals surface area contributed by atoms with Crippen LogP contribution in [-0.4, -0.2) is 18.3 Å². The topological polar surface area (TPSA) is 31.6 Å². The average molecular weight is 551 g/mol. The predicted octanol–water partition coefficient (Wildman–Crippen LogP) is 8.75. The van der Waals surface area contributed by atoms with Gasteiger partial charge in [0, 0.05) is 10.8 Å². The molecule has 1 atom stereocenters. The maximum absolute atomic E-state index is 6.41. The lowest BCUT2D eigenvalue weighted by Crippen LogP contribution is -2.41. The zero-order chi connectivity index (χ0) is 29.3. The minimum Gasteiger partial charge on any atom is -0.456 e. The minimum atomic E-state index is -0.554. The van der Waals surface area contributed by atoms with E-state index in [0.717, 1.165) is 33.0 Å². The van der Waals surface area contributed by atoms with Crippen LogP contribution in [0.15, 0.2) is 126 Å². The van der Waals surface area contributed by atoms with Gasteiger partial charge in [-0.05, 0) is 85.6 Å². The van der Waals surface area contributed by atoms with E-state index in [-0.39, 0.29) is 0 Å². The fourth-order valence-electron chi connectivity index (χ4n) is 6.74. The van der Waals surface area contributed by atoms with Gasteiger partial charge in [0.05, 0.1) is 16.6 Å². The molecular formula is C38H35BO3. The summed E-state index contributed by atoms with van der Waals surface area (Å²) in [5.74, 6) is 0. The van der Waals surface area contributed by atoms with E-state index < -0.39 is 23.7 Å². The zero-order valence-corrected chi connectivity index (χ0v) is 24.9. The van der Waals surface area contributed by atoms with Crippen molar-refractivity contribution in [1.29, 1.82) is 0 Å². The van der Waals surface area contributed by atoms with Crippen molar-refractivity contribution >= 4 is 40.1 Å². The number of hydrogen-bond acceptors (Lipinski definition) is 3. The number of benzene rings is 4. The first-order valence-electron chi connectivity index (χ1n) is 14.7. The molecule has 1 aliphatic carbocycles. The Morgan fingerprint density at radius 2 is 1.36 bits per heavy atom. The van der Waals surface area contributed by atoms with Crippen LogP contribution in [0.4, 0.5) is 0 Å². The number of hydrogen-bond donors (Lipinski definition) is 0. The molecule has 1 aliphatic heterocycles. The molecule has 2 aliphatic rings. The highest BCUT2D eigenvalue weighted by Crippen LogP contribution is 2.55. The standard InChI is InChI=1S/C38H35BO3/c1-7-8-15-32-25(2)29-13-9-11-16-33(29)38(32,27-20-23-31-30-14-10-12-17-34(30)40-35(31)24-27)26-18-21-28(22-19-26)39-41-36(3,4)37(5,6)42-39/h7-24H,1H2,2-6H3/b15-8-. The van der Waals surface area contributed by atoms with Crippen LogP contribution in [0.25, 0.3) is 27.5 Å². The van der Waals surface area contributed by atoms with Crippen molar-refractivity contribution in [3.8, 4) is 0 Å². The van der Waals surface area contributed by atoms with Crippen molar-refractivity contribution < 1.29 is 13.7 Å². The van der Waals surface area contributed by atoms with Gasteiger partial charge in [0.25, 0.3) is 0 Å². The van der Waals surface area contributed by atoms with E-state index in [4.69, 9.17) is 13.7 Å². The van der Waals surface area contributed by atoms with Gasteiger partial charge in [-0.25, -0.2) is 0 Å². The lowest BCUT2D eigenvalue weighted by Gasteiger charge is -2.35. The number of furan rings is 1. The van der Waals surface area contributed by atoms with Gasteiger partial charge in [0.15, 0.2) is 0 Å². The molecule has 0 amide bonds. The molecule has 0 saturated carbocycles. The molecule has 5 aromatic rings. The molecule has 4 heteroatoms. The summed E-state index contributed by atoms with van der Waals surface area (Å²) >= 11 is 0.